The number of ether oxygens (including phenoxy) is 3. The minimum Gasteiger partial charge on any atom is -0.490 e. The normalized spacial score (nSPS) is 15.4. The van der Waals surface area contributed by atoms with Crippen molar-refractivity contribution in [2.75, 3.05) is 20.3 Å². The fourth-order valence-electron chi connectivity index (χ4n) is 5.06. The Bertz CT molecular complexity index is 1680. The van der Waals surface area contributed by atoms with Gasteiger partial charge in [0.05, 0.1) is 42.2 Å². The van der Waals surface area contributed by atoms with Gasteiger partial charge in [-0.05, 0) is 64.4 Å². The summed E-state index contributed by atoms with van der Waals surface area (Å²) in [6, 6.07) is 10.7. The molecule has 0 fully saturated rings. The van der Waals surface area contributed by atoms with Gasteiger partial charge in [0.2, 0.25) is 0 Å². The topological polar surface area (TPSA) is 179 Å². The minimum absolute atomic E-state index is 0.0399. The molecule has 0 unspecified atom stereocenters. The molecule has 0 bridgehead atoms. The highest BCUT2D eigenvalue weighted by Gasteiger charge is 2.32. The highest BCUT2D eigenvalue weighted by atomic mass is 16.6. The Hall–Kier alpha value is -5.37. The van der Waals surface area contributed by atoms with Gasteiger partial charge in [-0.2, -0.15) is 5.10 Å². The summed E-state index contributed by atoms with van der Waals surface area (Å²) in [6.07, 6.45) is 0.367. The van der Waals surface area contributed by atoms with Gasteiger partial charge in [-0.3, -0.25) is 15.5 Å². The number of nitrogens with zero attached hydrogens (tertiary/aromatic N) is 3. The SMILES string of the molecule is CCOc1cc([C@@H]2NC(=O)NC(C)=C2C(=O)OC)ccc1OC[C@@H](O)N/N=C\c1cc(C)n(-c2ccc(C)c([N+](=O)[O-])c2)c1C. The Balaban J connectivity index is 1.44. The van der Waals surface area contributed by atoms with Crippen LogP contribution in [0.3, 0.4) is 0 Å². The zero-order chi connectivity index (χ0) is 32.8. The Labute approximate surface area is 259 Å². The van der Waals surface area contributed by atoms with E-state index in [1.54, 1.807) is 51.3 Å². The zero-order valence-electron chi connectivity index (χ0n) is 25.8. The van der Waals surface area contributed by atoms with Gasteiger partial charge in [0.15, 0.2) is 17.7 Å². The largest absolute Gasteiger partial charge is 0.490 e. The Morgan fingerprint density at radius 2 is 1.91 bits per heavy atom. The summed E-state index contributed by atoms with van der Waals surface area (Å²) in [5.74, 6) is 0.102. The summed E-state index contributed by atoms with van der Waals surface area (Å²) in [5.41, 5.74) is 7.54. The number of rotatable bonds is 12. The number of aliphatic hydroxyl groups is 1. The first-order valence-corrected chi connectivity index (χ1v) is 14.1. The summed E-state index contributed by atoms with van der Waals surface area (Å²) in [4.78, 5) is 35.6. The number of hydrogen-bond acceptors (Lipinski definition) is 10. The third-order valence-corrected chi connectivity index (χ3v) is 7.22. The molecule has 0 radical (unpaired) electrons. The number of aliphatic hydroxyl groups excluding tert-OH is 1. The smallest absolute Gasteiger partial charge is 0.337 e. The van der Waals surface area contributed by atoms with E-state index in [0.29, 0.717) is 40.6 Å². The first-order chi connectivity index (χ1) is 21.4. The number of carbonyl (C=O) groups excluding carboxylic acids is 2. The Morgan fingerprint density at radius 1 is 1.16 bits per heavy atom. The van der Waals surface area contributed by atoms with Crippen molar-refractivity contribution in [2.24, 2.45) is 5.10 Å². The van der Waals surface area contributed by atoms with Crippen molar-refractivity contribution in [3.8, 4) is 17.2 Å². The number of esters is 1. The third-order valence-electron chi connectivity index (χ3n) is 7.22. The molecule has 1 aromatic heterocycles. The molecule has 2 heterocycles. The van der Waals surface area contributed by atoms with E-state index < -0.39 is 29.2 Å². The standard InChI is InChI=1S/C31H36N6O8/c1-7-44-26-13-21(29-28(30(39)43-6)19(4)33-31(40)34-29)9-11-25(26)45-16-27(38)35-32-15-22-12-18(3)36(20(22)5)23-10-8-17(2)24(14-23)37(41)42/h8-15,27,29,35,38H,7,16H2,1-6H3,(H2,33,34,40)/b32-15-/t27-,29+/m1/s1. The van der Waals surface area contributed by atoms with Gasteiger partial charge in [0, 0.05) is 34.3 Å². The van der Waals surface area contributed by atoms with Crippen LogP contribution in [-0.2, 0) is 9.53 Å². The molecule has 2 aromatic carbocycles. The summed E-state index contributed by atoms with van der Waals surface area (Å²) in [7, 11) is 1.27. The molecule has 0 aliphatic carbocycles. The number of carbonyl (C=O) groups is 2. The molecule has 4 N–H and O–H groups in total. The van der Waals surface area contributed by atoms with Crippen LogP contribution in [0.15, 0.2) is 58.8 Å². The van der Waals surface area contributed by atoms with Gasteiger partial charge < -0.3 is 34.5 Å². The molecule has 0 saturated heterocycles. The second-order valence-electron chi connectivity index (χ2n) is 10.3. The molecule has 45 heavy (non-hydrogen) atoms. The van der Waals surface area contributed by atoms with E-state index >= 15 is 0 Å². The lowest BCUT2D eigenvalue weighted by molar-refractivity contribution is -0.385. The van der Waals surface area contributed by atoms with E-state index in [1.807, 2.05) is 30.5 Å². The van der Waals surface area contributed by atoms with Crippen molar-refractivity contribution in [2.45, 2.75) is 46.9 Å². The van der Waals surface area contributed by atoms with Crippen molar-refractivity contribution in [3.63, 3.8) is 0 Å². The van der Waals surface area contributed by atoms with Crippen molar-refractivity contribution < 1.29 is 33.8 Å². The minimum atomic E-state index is -1.18. The number of hydrogen-bond donors (Lipinski definition) is 4. The second-order valence-corrected chi connectivity index (χ2v) is 10.3. The number of nitro groups is 1. The summed E-state index contributed by atoms with van der Waals surface area (Å²) in [5, 5.41) is 31.4. The fourth-order valence-corrected chi connectivity index (χ4v) is 5.06. The zero-order valence-corrected chi connectivity index (χ0v) is 25.8. The fraction of sp³-hybridized carbons (Fsp3) is 0.323. The molecule has 4 rings (SSSR count). The number of methoxy groups -OCH3 is 1. The summed E-state index contributed by atoms with van der Waals surface area (Å²) >= 11 is 0. The van der Waals surface area contributed by atoms with E-state index in [2.05, 4.69) is 21.2 Å². The van der Waals surface area contributed by atoms with Crippen molar-refractivity contribution in [1.29, 1.82) is 0 Å². The van der Waals surface area contributed by atoms with Crippen LogP contribution >= 0.6 is 0 Å². The molecular weight excluding hydrogens is 584 g/mol. The molecule has 2 amide bonds. The maximum absolute atomic E-state index is 12.4. The molecule has 14 heteroatoms. The molecule has 0 saturated carbocycles. The molecule has 14 nitrogen and oxygen atoms in total. The van der Waals surface area contributed by atoms with E-state index in [0.717, 1.165) is 17.0 Å². The average Bonchev–Trinajstić information content (AvgIpc) is 3.28. The monoisotopic (exact) mass is 620 g/mol. The number of aromatic nitrogens is 1. The number of amides is 2. The van der Waals surface area contributed by atoms with Gasteiger partial charge >= 0.3 is 12.0 Å². The van der Waals surface area contributed by atoms with Crippen LogP contribution in [0.5, 0.6) is 11.5 Å². The van der Waals surface area contributed by atoms with Crippen LogP contribution in [0.2, 0.25) is 0 Å². The van der Waals surface area contributed by atoms with Crippen LogP contribution in [0.1, 0.15) is 48.0 Å². The average molecular weight is 621 g/mol. The van der Waals surface area contributed by atoms with Gasteiger partial charge in [-0.1, -0.05) is 12.1 Å². The van der Waals surface area contributed by atoms with Gasteiger partial charge in [0.1, 0.15) is 6.61 Å². The second kappa shape index (κ2) is 13.9. The molecule has 238 valence electrons. The highest BCUT2D eigenvalue weighted by Crippen LogP contribution is 2.35. The van der Waals surface area contributed by atoms with Crippen LogP contribution in [0.25, 0.3) is 5.69 Å². The lowest BCUT2D eigenvalue weighted by Gasteiger charge is -2.28. The Morgan fingerprint density at radius 3 is 2.60 bits per heavy atom. The first kappa shape index (κ1) is 32.5. The Kier molecular flexibility index (Phi) is 10.1. The number of urea groups is 1. The van der Waals surface area contributed by atoms with E-state index in [4.69, 9.17) is 14.2 Å². The van der Waals surface area contributed by atoms with Crippen molar-refractivity contribution >= 4 is 23.9 Å². The number of benzene rings is 2. The number of nitro benzene ring substituents is 1. The van der Waals surface area contributed by atoms with E-state index in [1.165, 1.54) is 13.2 Å². The van der Waals surface area contributed by atoms with Crippen LogP contribution in [-0.4, -0.2) is 59.4 Å². The molecule has 1 aliphatic rings. The van der Waals surface area contributed by atoms with Crippen LogP contribution in [0, 0.1) is 30.9 Å². The quantitative estimate of drug-likeness (QED) is 0.0770. The predicted octanol–water partition coefficient (Wildman–Crippen LogP) is 3.83. The van der Waals surface area contributed by atoms with Crippen molar-refractivity contribution in [3.05, 3.63) is 91.9 Å². The van der Waals surface area contributed by atoms with Crippen LogP contribution < -0.4 is 25.5 Å². The molecule has 1 aliphatic heterocycles. The molecule has 2 atom stereocenters. The maximum Gasteiger partial charge on any atom is 0.337 e. The molecular formula is C31H36N6O8. The van der Waals surface area contributed by atoms with E-state index in [-0.39, 0.29) is 17.9 Å². The van der Waals surface area contributed by atoms with Crippen LogP contribution in [0.4, 0.5) is 10.5 Å². The maximum atomic E-state index is 12.4. The summed E-state index contributed by atoms with van der Waals surface area (Å²) in [6.45, 7) is 9.01. The van der Waals surface area contributed by atoms with Gasteiger partial charge in [-0.15, -0.1) is 0 Å². The van der Waals surface area contributed by atoms with Gasteiger partial charge in [-0.25, -0.2) is 9.59 Å². The molecule has 0 spiro atoms. The molecule has 3 aromatic rings. The third kappa shape index (κ3) is 7.24. The highest BCUT2D eigenvalue weighted by molar-refractivity contribution is 5.95. The number of allylic oxidation sites excluding steroid dienone is 1. The lowest BCUT2D eigenvalue weighted by Crippen LogP contribution is -2.45. The lowest BCUT2D eigenvalue weighted by atomic mass is 9.95. The number of aryl methyl sites for hydroxylation is 2. The summed E-state index contributed by atoms with van der Waals surface area (Å²) < 4.78 is 18.4. The van der Waals surface area contributed by atoms with E-state index in [9.17, 15) is 24.8 Å². The predicted molar refractivity (Wildman–Crippen MR) is 166 cm³/mol. The number of nitrogens with one attached hydrogen (secondary N) is 3. The van der Waals surface area contributed by atoms with Crippen molar-refractivity contribution in [1.82, 2.24) is 20.6 Å². The van der Waals surface area contributed by atoms with Gasteiger partial charge in [0.25, 0.3) is 5.69 Å². The first-order valence-electron chi connectivity index (χ1n) is 14.1. The number of hydrazone groups is 1.